The van der Waals surface area contributed by atoms with Crippen LogP contribution < -0.4 is 10.6 Å². The molecule has 1 heterocycles. The molecule has 1 aromatic carbocycles. The van der Waals surface area contributed by atoms with E-state index in [9.17, 15) is 0 Å². The van der Waals surface area contributed by atoms with Gasteiger partial charge in [-0.2, -0.15) is 11.3 Å². The van der Waals surface area contributed by atoms with E-state index in [0.29, 0.717) is 0 Å². The molecule has 0 aliphatic rings. The number of nitrogens with zero attached hydrogens (tertiary/aromatic N) is 1. The molecule has 0 atom stereocenters. The molecule has 0 radical (unpaired) electrons. The fraction of sp³-hybridized carbons (Fsp3) is 0.353. The van der Waals surface area contributed by atoms with Gasteiger partial charge in [0.15, 0.2) is 5.96 Å². The molecular weight excluding hydrogens is 310 g/mol. The summed E-state index contributed by atoms with van der Waals surface area (Å²) < 4.78 is 0. The van der Waals surface area contributed by atoms with Gasteiger partial charge in [0, 0.05) is 25.0 Å². The van der Waals surface area contributed by atoms with E-state index < -0.39 is 0 Å². The summed E-state index contributed by atoms with van der Waals surface area (Å²) in [5.41, 5.74) is 3.97. The molecule has 2 N–H and O–H groups in total. The number of benzene rings is 1. The van der Waals surface area contributed by atoms with Crippen LogP contribution in [0.4, 0.5) is 0 Å². The first-order valence-electron chi connectivity index (χ1n) is 7.32. The first-order chi connectivity index (χ1) is 10.7. The van der Waals surface area contributed by atoms with Crippen LogP contribution in [-0.4, -0.2) is 25.8 Å². The maximum Gasteiger partial charge on any atom is 0.191 e. The van der Waals surface area contributed by atoms with Crippen molar-refractivity contribution in [2.24, 2.45) is 4.99 Å². The highest BCUT2D eigenvalue weighted by atomic mass is 32.2. The maximum absolute atomic E-state index is 4.29. The molecule has 0 saturated heterocycles. The number of hydrogen-bond acceptors (Lipinski definition) is 3. The molecule has 2 aromatic rings. The second-order valence-corrected chi connectivity index (χ2v) is 6.68. The molecule has 0 fully saturated rings. The Morgan fingerprint density at radius 1 is 1.27 bits per heavy atom. The lowest BCUT2D eigenvalue weighted by atomic mass is 10.1. The molecule has 0 bridgehead atoms. The van der Waals surface area contributed by atoms with Gasteiger partial charge in [-0.1, -0.05) is 12.1 Å². The minimum atomic E-state index is 0.786. The third-order valence-electron chi connectivity index (χ3n) is 3.40. The van der Waals surface area contributed by atoms with Crippen molar-refractivity contribution in [3.8, 4) is 0 Å². The Labute approximate surface area is 141 Å². The van der Waals surface area contributed by atoms with Crippen LogP contribution in [0.2, 0.25) is 0 Å². The van der Waals surface area contributed by atoms with E-state index in [1.807, 2.05) is 7.05 Å². The quantitative estimate of drug-likeness (QED) is 0.481. The van der Waals surface area contributed by atoms with Crippen LogP contribution in [0.15, 0.2) is 44.9 Å². The Hall–Kier alpha value is -1.46. The monoisotopic (exact) mass is 333 g/mol. The highest BCUT2D eigenvalue weighted by Gasteiger charge is 2.04. The van der Waals surface area contributed by atoms with Crippen molar-refractivity contribution >= 4 is 29.1 Å². The first kappa shape index (κ1) is 16.9. The summed E-state index contributed by atoms with van der Waals surface area (Å²) in [5, 5.41) is 11.1. The fourth-order valence-electron chi connectivity index (χ4n) is 2.16. The number of guanidine groups is 1. The Morgan fingerprint density at radius 3 is 2.82 bits per heavy atom. The minimum Gasteiger partial charge on any atom is -0.356 e. The second kappa shape index (κ2) is 8.86. The Morgan fingerprint density at radius 2 is 2.14 bits per heavy atom. The van der Waals surface area contributed by atoms with E-state index >= 15 is 0 Å². The largest absolute Gasteiger partial charge is 0.356 e. The average Bonchev–Trinajstić information content (AvgIpc) is 3.04. The molecule has 0 saturated carbocycles. The standard InChI is InChI=1S/C17H23N3S2/c1-13-4-5-15(16(10-13)21-3)11-20-17(18-2)19-8-6-14-7-9-22-12-14/h4-5,7,9-10,12H,6,8,11H2,1-3H3,(H2,18,19,20). The van der Waals surface area contributed by atoms with E-state index in [-0.39, 0.29) is 0 Å². The molecule has 0 aliphatic heterocycles. The van der Waals surface area contributed by atoms with E-state index in [4.69, 9.17) is 0 Å². The number of nitrogens with one attached hydrogen (secondary N) is 2. The number of hydrogen-bond donors (Lipinski definition) is 2. The Kier molecular flexibility index (Phi) is 6.80. The lowest BCUT2D eigenvalue weighted by molar-refractivity contribution is 0.789. The summed E-state index contributed by atoms with van der Waals surface area (Å²) in [4.78, 5) is 5.61. The topological polar surface area (TPSA) is 36.4 Å². The van der Waals surface area contributed by atoms with E-state index in [2.05, 4.69) is 63.8 Å². The highest BCUT2D eigenvalue weighted by Crippen LogP contribution is 2.21. The lowest BCUT2D eigenvalue weighted by Crippen LogP contribution is -2.37. The zero-order valence-corrected chi connectivity index (χ0v) is 15.0. The smallest absolute Gasteiger partial charge is 0.191 e. The summed E-state index contributed by atoms with van der Waals surface area (Å²) in [6.07, 6.45) is 3.14. The van der Waals surface area contributed by atoms with Crippen LogP contribution in [0, 0.1) is 6.92 Å². The van der Waals surface area contributed by atoms with Crippen molar-refractivity contribution < 1.29 is 0 Å². The number of aliphatic imine (C=N–C) groups is 1. The Bertz CT molecular complexity index is 606. The molecule has 1 aromatic heterocycles. The normalized spacial score (nSPS) is 11.5. The average molecular weight is 334 g/mol. The number of thiophene rings is 1. The van der Waals surface area contributed by atoms with Crippen molar-refractivity contribution in [1.82, 2.24) is 10.6 Å². The van der Waals surface area contributed by atoms with Gasteiger partial charge in [0.25, 0.3) is 0 Å². The summed E-state index contributed by atoms with van der Waals surface area (Å²) >= 11 is 3.53. The van der Waals surface area contributed by atoms with Gasteiger partial charge in [-0.25, -0.2) is 0 Å². The van der Waals surface area contributed by atoms with Gasteiger partial charge in [0.2, 0.25) is 0 Å². The van der Waals surface area contributed by atoms with Crippen molar-refractivity contribution in [3.05, 3.63) is 51.7 Å². The third-order valence-corrected chi connectivity index (χ3v) is 4.95. The van der Waals surface area contributed by atoms with E-state index in [1.165, 1.54) is 21.6 Å². The zero-order valence-electron chi connectivity index (χ0n) is 13.3. The summed E-state index contributed by atoms with van der Waals surface area (Å²) in [5.74, 6) is 0.850. The van der Waals surface area contributed by atoms with E-state index in [1.54, 1.807) is 23.1 Å². The first-order valence-corrected chi connectivity index (χ1v) is 9.49. The molecule has 2 rings (SSSR count). The molecular formula is C17H23N3S2. The second-order valence-electron chi connectivity index (χ2n) is 5.05. The van der Waals surface area contributed by atoms with Crippen LogP contribution in [0.1, 0.15) is 16.7 Å². The molecule has 0 unspecified atom stereocenters. The summed E-state index contributed by atoms with van der Waals surface area (Å²) in [6.45, 7) is 3.80. The van der Waals surface area contributed by atoms with Gasteiger partial charge in [-0.05, 0) is 59.2 Å². The van der Waals surface area contributed by atoms with Crippen LogP contribution in [0.3, 0.4) is 0 Å². The molecule has 0 spiro atoms. The number of thioether (sulfide) groups is 1. The van der Waals surface area contributed by atoms with E-state index in [0.717, 1.165) is 25.5 Å². The van der Waals surface area contributed by atoms with Gasteiger partial charge in [-0.15, -0.1) is 11.8 Å². The molecule has 0 amide bonds. The molecule has 118 valence electrons. The van der Waals surface area contributed by atoms with Crippen molar-refractivity contribution in [2.75, 3.05) is 19.8 Å². The van der Waals surface area contributed by atoms with Gasteiger partial charge >= 0.3 is 0 Å². The van der Waals surface area contributed by atoms with Crippen LogP contribution in [-0.2, 0) is 13.0 Å². The zero-order chi connectivity index (χ0) is 15.8. The molecule has 22 heavy (non-hydrogen) atoms. The predicted molar refractivity (Wildman–Crippen MR) is 99.2 cm³/mol. The van der Waals surface area contributed by atoms with Gasteiger partial charge in [-0.3, -0.25) is 4.99 Å². The highest BCUT2D eigenvalue weighted by molar-refractivity contribution is 7.98. The number of aryl methyl sites for hydroxylation is 1. The van der Waals surface area contributed by atoms with Crippen molar-refractivity contribution in [1.29, 1.82) is 0 Å². The SMILES string of the molecule is CN=C(NCCc1ccsc1)NCc1ccc(C)cc1SC. The summed E-state index contributed by atoms with van der Waals surface area (Å²) in [6, 6.07) is 8.74. The molecule has 5 heteroatoms. The minimum absolute atomic E-state index is 0.786. The van der Waals surface area contributed by atoms with Crippen molar-refractivity contribution in [3.63, 3.8) is 0 Å². The number of rotatable bonds is 6. The predicted octanol–water partition coefficient (Wildman–Crippen LogP) is 3.69. The fourth-order valence-corrected chi connectivity index (χ4v) is 3.57. The maximum atomic E-state index is 4.29. The van der Waals surface area contributed by atoms with Gasteiger partial charge in [0.1, 0.15) is 0 Å². The molecule has 0 aliphatic carbocycles. The van der Waals surface area contributed by atoms with Crippen LogP contribution in [0.25, 0.3) is 0 Å². The van der Waals surface area contributed by atoms with Gasteiger partial charge < -0.3 is 10.6 Å². The van der Waals surface area contributed by atoms with Crippen molar-refractivity contribution in [2.45, 2.75) is 24.8 Å². The lowest BCUT2D eigenvalue weighted by Gasteiger charge is -2.14. The van der Waals surface area contributed by atoms with Gasteiger partial charge in [0.05, 0.1) is 0 Å². The third kappa shape index (κ3) is 5.07. The molecule has 3 nitrogen and oxygen atoms in total. The van der Waals surface area contributed by atoms with Crippen LogP contribution in [0.5, 0.6) is 0 Å². The van der Waals surface area contributed by atoms with Crippen LogP contribution >= 0.6 is 23.1 Å². The summed E-state index contributed by atoms with van der Waals surface area (Å²) in [7, 11) is 1.81. The Balaban J connectivity index is 1.83.